The van der Waals surface area contributed by atoms with E-state index in [9.17, 15) is 10.1 Å². The number of nitrogens with zero attached hydrogens (tertiary/aromatic N) is 8. The van der Waals surface area contributed by atoms with E-state index >= 15 is 0 Å². The third-order valence-corrected chi connectivity index (χ3v) is 7.04. The summed E-state index contributed by atoms with van der Waals surface area (Å²) in [5, 5.41) is 18.3. The predicted molar refractivity (Wildman–Crippen MR) is 162 cm³/mol. The second-order valence-corrected chi connectivity index (χ2v) is 9.75. The third kappa shape index (κ3) is 5.86. The standard InChI is InChI=1S/C31H29N9O4/c1-3-43-31(41)39-18-16-38(17-19-39)28-26(20-32)27(21-4-8-23(42-2)9-5-21)40-30(35-28)36-29(37-40)34-22-6-10-24(11-7-22)44-25-12-14-33-15-13-25/h4-15H,3,16-19H2,1-2H3,(H,34,37). The van der Waals surface area contributed by atoms with E-state index in [0.717, 1.165) is 11.3 Å². The van der Waals surface area contributed by atoms with Crippen LogP contribution in [-0.4, -0.2) is 75.5 Å². The van der Waals surface area contributed by atoms with Gasteiger partial charge < -0.3 is 29.3 Å². The number of methoxy groups -OCH3 is 1. The average molecular weight is 592 g/mol. The van der Waals surface area contributed by atoms with Crippen molar-refractivity contribution in [1.29, 1.82) is 5.26 Å². The number of carbonyl (C=O) groups is 1. The monoisotopic (exact) mass is 591 g/mol. The molecule has 0 atom stereocenters. The minimum absolute atomic E-state index is 0.309. The highest BCUT2D eigenvalue weighted by molar-refractivity contribution is 5.77. The highest BCUT2D eigenvalue weighted by Gasteiger charge is 2.28. The summed E-state index contributed by atoms with van der Waals surface area (Å²) in [7, 11) is 1.60. The highest BCUT2D eigenvalue weighted by Crippen LogP contribution is 2.33. The van der Waals surface area contributed by atoms with Crippen molar-refractivity contribution in [3.05, 3.63) is 78.6 Å². The van der Waals surface area contributed by atoms with Crippen LogP contribution in [-0.2, 0) is 4.74 Å². The van der Waals surface area contributed by atoms with Crippen LogP contribution in [0.25, 0.3) is 17.0 Å². The van der Waals surface area contributed by atoms with Crippen LogP contribution in [0, 0.1) is 11.3 Å². The van der Waals surface area contributed by atoms with Gasteiger partial charge in [-0.3, -0.25) is 4.98 Å². The van der Waals surface area contributed by atoms with Crippen molar-refractivity contribution in [2.75, 3.05) is 50.1 Å². The lowest BCUT2D eigenvalue weighted by Gasteiger charge is -2.35. The fraction of sp³-hybridized carbons (Fsp3) is 0.226. The molecule has 1 fully saturated rings. The lowest BCUT2D eigenvalue weighted by molar-refractivity contribution is 0.105. The van der Waals surface area contributed by atoms with Crippen molar-refractivity contribution in [2.45, 2.75) is 6.92 Å². The lowest BCUT2D eigenvalue weighted by Crippen LogP contribution is -2.49. The maximum atomic E-state index is 12.3. The van der Waals surface area contributed by atoms with Crippen molar-refractivity contribution < 1.29 is 19.0 Å². The number of piperazine rings is 1. The molecule has 2 aromatic carbocycles. The number of aromatic nitrogens is 5. The second kappa shape index (κ2) is 12.5. The first-order chi connectivity index (χ1) is 21.6. The number of amides is 1. The van der Waals surface area contributed by atoms with Gasteiger partial charge in [-0.2, -0.15) is 19.7 Å². The molecule has 44 heavy (non-hydrogen) atoms. The molecule has 3 aromatic heterocycles. The molecule has 222 valence electrons. The minimum Gasteiger partial charge on any atom is -0.497 e. The van der Waals surface area contributed by atoms with Crippen molar-refractivity contribution in [3.8, 4) is 34.6 Å². The zero-order valence-electron chi connectivity index (χ0n) is 24.2. The molecule has 0 spiro atoms. The first kappa shape index (κ1) is 28.2. The Morgan fingerprint density at radius 2 is 1.61 bits per heavy atom. The number of anilines is 3. The van der Waals surface area contributed by atoms with E-state index in [2.05, 4.69) is 21.4 Å². The molecule has 1 N–H and O–H groups in total. The smallest absolute Gasteiger partial charge is 0.409 e. The number of hydrogen-bond acceptors (Lipinski definition) is 11. The number of nitrogens with one attached hydrogen (secondary N) is 1. The number of ether oxygens (including phenoxy) is 3. The third-order valence-electron chi connectivity index (χ3n) is 7.04. The molecular formula is C31H29N9O4. The van der Waals surface area contributed by atoms with Crippen LogP contribution in [0.2, 0.25) is 0 Å². The van der Waals surface area contributed by atoms with E-state index in [4.69, 9.17) is 24.3 Å². The van der Waals surface area contributed by atoms with E-state index in [1.807, 2.05) is 53.4 Å². The summed E-state index contributed by atoms with van der Waals surface area (Å²) >= 11 is 0. The topological polar surface area (TPSA) is 143 Å². The number of benzene rings is 2. The zero-order chi connectivity index (χ0) is 30.5. The highest BCUT2D eigenvalue weighted by atomic mass is 16.6. The van der Waals surface area contributed by atoms with Gasteiger partial charge >= 0.3 is 6.09 Å². The molecule has 13 nitrogen and oxygen atoms in total. The van der Waals surface area contributed by atoms with Crippen LogP contribution >= 0.6 is 0 Å². The van der Waals surface area contributed by atoms with Crippen LogP contribution < -0.4 is 19.7 Å². The van der Waals surface area contributed by atoms with Crippen molar-refractivity contribution in [3.63, 3.8) is 0 Å². The van der Waals surface area contributed by atoms with Gasteiger partial charge in [-0.05, 0) is 67.6 Å². The SMILES string of the molecule is CCOC(=O)N1CCN(c2nc3nc(Nc4ccc(Oc5ccncc5)cc4)nn3c(-c3ccc(OC)cc3)c2C#N)CC1. The average Bonchev–Trinajstić information content (AvgIpc) is 3.47. The number of rotatable bonds is 8. The molecular weight excluding hydrogens is 562 g/mol. The Morgan fingerprint density at radius 1 is 0.932 bits per heavy atom. The largest absolute Gasteiger partial charge is 0.497 e. The summed E-state index contributed by atoms with van der Waals surface area (Å²) in [4.78, 5) is 29.3. The van der Waals surface area contributed by atoms with Crippen LogP contribution in [0.4, 0.5) is 22.2 Å². The van der Waals surface area contributed by atoms with E-state index in [0.29, 0.717) is 78.8 Å². The van der Waals surface area contributed by atoms with Crippen LogP contribution in [0.3, 0.4) is 0 Å². The molecule has 0 radical (unpaired) electrons. The Balaban J connectivity index is 1.33. The Morgan fingerprint density at radius 3 is 2.27 bits per heavy atom. The van der Waals surface area contributed by atoms with Crippen molar-refractivity contribution in [2.24, 2.45) is 0 Å². The molecule has 1 saturated heterocycles. The molecule has 1 amide bonds. The lowest BCUT2D eigenvalue weighted by atomic mass is 10.1. The molecule has 6 rings (SSSR count). The van der Waals surface area contributed by atoms with Gasteiger partial charge in [-0.25, -0.2) is 4.79 Å². The van der Waals surface area contributed by atoms with Gasteiger partial charge in [-0.15, -0.1) is 5.10 Å². The summed E-state index contributed by atoms with van der Waals surface area (Å²) < 4.78 is 17.9. The molecule has 4 heterocycles. The van der Waals surface area contributed by atoms with Gasteiger partial charge in [0, 0.05) is 49.8 Å². The van der Waals surface area contributed by atoms with Gasteiger partial charge in [0.25, 0.3) is 5.78 Å². The first-order valence-electron chi connectivity index (χ1n) is 14.0. The predicted octanol–water partition coefficient (Wildman–Crippen LogP) is 4.88. The van der Waals surface area contributed by atoms with E-state index in [1.165, 1.54) is 0 Å². The summed E-state index contributed by atoms with van der Waals surface area (Å²) in [5.41, 5.74) is 2.38. The Labute approximate surface area is 253 Å². The maximum Gasteiger partial charge on any atom is 0.409 e. The molecule has 1 aliphatic rings. The van der Waals surface area contributed by atoms with Gasteiger partial charge in [0.05, 0.1) is 19.4 Å². The number of hydrogen-bond donors (Lipinski definition) is 1. The Bertz CT molecular complexity index is 1800. The maximum absolute atomic E-state index is 12.3. The van der Waals surface area contributed by atoms with Gasteiger partial charge in [0.2, 0.25) is 5.95 Å². The summed E-state index contributed by atoms with van der Waals surface area (Å²) in [6.45, 7) is 3.93. The molecule has 1 aliphatic heterocycles. The molecule has 13 heteroatoms. The summed E-state index contributed by atoms with van der Waals surface area (Å²) in [6, 6.07) is 20.7. The number of nitriles is 1. The quantitative estimate of drug-likeness (QED) is 0.264. The number of pyridine rings is 1. The van der Waals surface area contributed by atoms with Gasteiger partial charge in [0.1, 0.15) is 28.9 Å². The summed E-state index contributed by atoms with van der Waals surface area (Å²) in [5.74, 6) is 3.14. The fourth-order valence-electron chi connectivity index (χ4n) is 4.88. The minimum atomic E-state index is -0.347. The number of fused-ring (bicyclic) bond motifs is 1. The molecule has 0 saturated carbocycles. The number of carbonyl (C=O) groups excluding carboxylic acids is 1. The van der Waals surface area contributed by atoms with Crippen LogP contribution in [0.15, 0.2) is 73.1 Å². The van der Waals surface area contributed by atoms with Gasteiger partial charge in [0.15, 0.2) is 5.82 Å². The van der Waals surface area contributed by atoms with E-state index in [-0.39, 0.29) is 6.09 Å². The van der Waals surface area contributed by atoms with Crippen LogP contribution in [0.1, 0.15) is 12.5 Å². The van der Waals surface area contributed by atoms with E-state index < -0.39 is 0 Å². The normalized spacial score (nSPS) is 12.9. The van der Waals surface area contributed by atoms with Crippen molar-refractivity contribution >= 4 is 29.3 Å². The van der Waals surface area contributed by atoms with Crippen molar-refractivity contribution in [1.82, 2.24) is 29.5 Å². The fourth-order valence-corrected chi connectivity index (χ4v) is 4.88. The molecule has 0 aliphatic carbocycles. The second-order valence-electron chi connectivity index (χ2n) is 9.75. The first-order valence-corrected chi connectivity index (χ1v) is 14.0. The Kier molecular flexibility index (Phi) is 8.04. The Hall–Kier alpha value is -5.90. The molecule has 0 bridgehead atoms. The summed E-state index contributed by atoms with van der Waals surface area (Å²) in [6.07, 6.45) is 2.99. The zero-order valence-corrected chi connectivity index (χ0v) is 24.2. The molecule has 0 unspecified atom stereocenters. The van der Waals surface area contributed by atoms with Gasteiger partial charge in [-0.1, -0.05) is 0 Å². The van der Waals surface area contributed by atoms with E-state index in [1.54, 1.807) is 48.0 Å². The molecule has 5 aromatic rings. The van der Waals surface area contributed by atoms with Crippen LogP contribution in [0.5, 0.6) is 17.2 Å².